The molecule has 0 heterocycles. The van der Waals surface area contributed by atoms with Gasteiger partial charge in [0.2, 0.25) is 11.9 Å². The zero-order valence-electron chi connectivity index (χ0n) is 11.6. The highest BCUT2D eigenvalue weighted by Gasteiger charge is 2.26. The number of alkyl halides is 1. The van der Waals surface area contributed by atoms with Gasteiger partial charge in [-0.3, -0.25) is 21.1 Å². The van der Waals surface area contributed by atoms with Gasteiger partial charge in [0.05, 0.1) is 5.92 Å². The van der Waals surface area contributed by atoms with E-state index < -0.39 is 35.2 Å². The third kappa shape index (κ3) is 4.80. The van der Waals surface area contributed by atoms with Crippen molar-refractivity contribution in [3.63, 3.8) is 0 Å². The van der Waals surface area contributed by atoms with E-state index in [4.69, 9.17) is 22.7 Å². The average Bonchev–Trinajstić information content (AvgIpc) is 2.48. The van der Waals surface area contributed by atoms with E-state index in [-0.39, 0.29) is 12.0 Å². The molecule has 0 aliphatic rings. The molecule has 0 aliphatic heterocycles. The van der Waals surface area contributed by atoms with Gasteiger partial charge in [0.25, 0.3) is 0 Å². The number of hydrogen-bond acceptors (Lipinski definition) is 2. The fraction of sp³-hybridized carbons (Fsp3) is 0.385. The Labute approximate surface area is 130 Å². The number of halogens is 4. The van der Waals surface area contributed by atoms with E-state index in [9.17, 15) is 18.0 Å². The summed E-state index contributed by atoms with van der Waals surface area (Å²) in [6.07, 6.45) is 1.25. The van der Waals surface area contributed by atoms with Gasteiger partial charge in [-0.1, -0.05) is 12.5 Å². The standard InChI is InChI=1S/C13H16ClF3N4O/c14-6-2-1-3-8(12(22)20-21-13(18)19)7-4-5-9(15)11(17)10(7)16/h4-5,8H,1-3,6H2,(H,20,22)(H4,18,19,21). The fourth-order valence-corrected chi connectivity index (χ4v) is 2.09. The van der Waals surface area contributed by atoms with Crippen LogP contribution in [0.3, 0.4) is 0 Å². The van der Waals surface area contributed by atoms with E-state index in [0.717, 1.165) is 12.1 Å². The van der Waals surface area contributed by atoms with Crippen molar-refractivity contribution in [1.29, 1.82) is 5.41 Å². The van der Waals surface area contributed by atoms with Crippen molar-refractivity contribution in [3.05, 3.63) is 35.1 Å². The van der Waals surface area contributed by atoms with Crippen LogP contribution in [-0.2, 0) is 4.79 Å². The number of guanidine groups is 1. The molecule has 0 spiro atoms. The Morgan fingerprint density at radius 3 is 2.50 bits per heavy atom. The minimum Gasteiger partial charge on any atom is -0.369 e. The first kappa shape index (κ1) is 18.1. The number of nitrogens with two attached hydrogens (primary N) is 1. The molecule has 0 aliphatic carbocycles. The first-order valence-corrected chi connectivity index (χ1v) is 7.01. The summed E-state index contributed by atoms with van der Waals surface area (Å²) in [4.78, 5) is 12.0. The molecule has 5 N–H and O–H groups in total. The highest BCUT2D eigenvalue weighted by Crippen LogP contribution is 2.27. The predicted molar refractivity (Wildman–Crippen MR) is 76.8 cm³/mol. The van der Waals surface area contributed by atoms with E-state index in [1.54, 1.807) is 0 Å². The number of benzene rings is 1. The summed E-state index contributed by atoms with van der Waals surface area (Å²) in [7, 11) is 0. The van der Waals surface area contributed by atoms with Crippen molar-refractivity contribution in [2.75, 3.05) is 5.88 Å². The largest absolute Gasteiger partial charge is 0.369 e. The van der Waals surface area contributed by atoms with Crippen LogP contribution in [0.1, 0.15) is 30.7 Å². The second-order valence-electron chi connectivity index (χ2n) is 4.53. The van der Waals surface area contributed by atoms with Crippen LogP contribution in [0.2, 0.25) is 0 Å². The van der Waals surface area contributed by atoms with Crippen LogP contribution in [-0.4, -0.2) is 17.7 Å². The smallest absolute Gasteiger partial charge is 0.246 e. The number of nitrogens with one attached hydrogen (secondary N) is 3. The molecule has 0 fully saturated rings. The normalized spacial score (nSPS) is 11.8. The Bertz CT molecular complexity index is 556. The summed E-state index contributed by atoms with van der Waals surface area (Å²) in [5.74, 6) is -6.30. The van der Waals surface area contributed by atoms with Crippen molar-refractivity contribution in [2.45, 2.75) is 25.2 Å². The Kier molecular flexibility index (Phi) is 6.97. The first-order valence-electron chi connectivity index (χ1n) is 6.47. The van der Waals surface area contributed by atoms with Crippen LogP contribution >= 0.6 is 11.6 Å². The molecule has 0 radical (unpaired) electrons. The fourth-order valence-electron chi connectivity index (χ4n) is 1.90. The molecule has 0 bridgehead atoms. The number of hydrazine groups is 1. The monoisotopic (exact) mass is 336 g/mol. The molecule has 1 unspecified atom stereocenters. The van der Waals surface area contributed by atoms with Crippen molar-refractivity contribution in [2.24, 2.45) is 5.73 Å². The van der Waals surface area contributed by atoms with E-state index in [0.29, 0.717) is 18.7 Å². The van der Waals surface area contributed by atoms with Gasteiger partial charge in [-0.2, -0.15) is 0 Å². The summed E-state index contributed by atoms with van der Waals surface area (Å²) >= 11 is 5.55. The number of hydrogen-bond donors (Lipinski definition) is 4. The van der Waals surface area contributed by atoms with Crippen molar-refractivity contribution < 1.29 is 18.0 Å². The van der Waals surface area contributed by atoms with Crippen LogP contribution in [0.5, 0.6) is 0 Å². The molecule has 5 nitrogen and oxygen atoms in total. The summed E-state index contributed by atoms with van der Waals surface area (Å²) in [6.45, 7) is 0. The summed E-state index contributed by atoms with van der Waals surface area (Å²) < 4.78 is 40.2. The molecule has 9 heteroatoms. The maximum absolute atomic E-state index is 13.9. The lowest BCUT2D eigenvalue weighted by Gasteiger charge is -2.18. The van der Waals surface area contributed by atoms with E-state index in [2.05, 4.69) is 10.9 Å². The highest BCUT2D eigenvalue weighted by atomic mass is 35.5. The van der Waals surface area contributed by atoms with Gasteiger partial charge in [-0.05, 0) is 18.9 Å². The van der Waals surface area contributed by atoms with Gasteiger partial charge in [-0.15, -0.1) is 11.6 Å². The molecule has 1 aromatic carbocycles. The highest BCUT2D eigenvalue weighted by molar-refractivity contribution is 6.17. The molecule has 1 atom stereocenters. The molecule has 0 saturated carbocycles. The minimum atomic E-state index is -1.63. The second-order valence-corrected chi connectivity index (χ2v) is 4.91. The third-order valence-corrected chi connectivity index (χ3v) is 3.22. The van der Waals surface area contributed by atoms with Crippen molar-refractivity contribution in [3.8, 4) is 0 Å². The van der Waals surface area contributed by atoms with Crippen LogP contribution in [0.25, 0.3) is 0 Å². The topological polar surface area (TPSA) is 91.0 Å². The van der Waals surface area contributed by atoms with Crippen molar-refractivity contribution >= 4 is 23.5 Å². The van der Waals surface area contributed by atoms with E-state index >= 15 is 0 Å². The van der Waals surface area contributed by atoms with Crippen LogP contribution in [0.4, 0.5) is 13.2 Å². The van der Waals surface area contributed by atoms with Gasteiger partial charge in [0.1, 0.15) is 0 Å². The molecule has 22 heavy (non-hydrogen) atoms. The number of rotatable bonds is 6. The summed E-state index contributed by atoms with van der Waals surface area (Å²) in [5, 5.41) is 6.96. The lowest BCUT2D eigenvalue weighted by atomic mass is 9.92. The minimum absolute atomic E-state index is 0.181. The van der Waals surface area contributed by atoms with Crippen LogP contribution in [0, 0.1) is 22.9 Å². The molecule has 1 aromatic rings. The Morgan fingerprint density at radius 2 is 1.91 bits per heavy atom. The Balaban J connectivity index is 3.01. The Morgan fingerprint density at radius 1 is 1.23 bits per heavy atom. The van der Waals surface area contributed by atoms with Crippen molar-refractivity contribution in [1.82, 2.24) is 10.9 Å². The van der Waals surface area contributed by atoms with Gasteiger partial charge >= 0.3 is 0 Å². The first-order chi connectivity index (χ1) is 10.4. The third-order valence-electron chi connectivity index (χ3n) is 2.95. The Hall–Kier alpha value is -1.96. The lowest BCUT2D eigenvalue weighted by Crippen LogP contribution is -2.46. The van der Waals surface area contributed by atoms with E-state index in [1.165, 1.54) is 0 Å². The summed E-state index contributed by atoms with van der Waals surface area (Å²) in [5.41, 5.74) is 8.96. The molecule has 122 valence electrons. The molecule has 1 rings (SSSR count). The van der Waals surface area contributed by atoms with Crippen LogP contribution < -0.4 is 16.6 Å². The molecule has 0 saturated heterocycles. The molecular formula is C13H16ClF3N4O. The number of unbranched alkanes of at least 4 members (excludes halogenated alkanes) is 1. The number of carbonyl (C=O) groups is 1. The van der Waals surface area contributed by atoms with Gasteiger partial charge in [-0.25, -0.2) is 13.2 Å². The predicted octanol–water partition coefficient (Wildman–Crippen LogP) is 2.11. The van der Waals surface area contributed by atoms with Gasteiger partial charge in [0.15, 0.2) is 17.5 Å². The second kappa shape index (κ2) is 8.47. The zero-order valence-corrected chi connectivity index (χ0v) is 12.3. The van der Waals surface area contributed by atoms with Crippen LogP contribution in [0.15, 0.2) is 12.1 Å². The van der Waals surface area contributed by atoms with Gasteiger partial charge in [0, 0.05) is 11.4 Å². The number of carbonyl (C=O) groups excluding carboxylic acids is 1. The quantitative estimate of drug-likeness (QED) is 0.160. The lowest BCUT2D eigenvalue weighted by molar-refractivity contribution is -0.123. The average molecular weight is 337 g/mol. The molecular weight excluding hydrogens is 321 g/mol. The SMILES string of the molecule is N=C(N)NNC(=O)C(CCCCCl)c1ccc(F)c(F)c1F. The maximum Gasteiger partial charge on any atom is 0.246 e. The zero-order chi connectivity index (χ0) is 16.7. The maximum atomic E-state index is 13.9. The van der Waals surface area contributed by atoms with Gasteiger partial charge < -0.3 is 5.73 Å². The summed E-state index contributed by atoms with van der Waals surface area (Å²) in [6, 6.07) is 1.78. The van der Waals surface area contributed by atoms with E-state index in [1.807, 2.05) is 0 Å². The number of amides is 1. The molecule has 1 amide bonds. The molecule has 0 aromatic heterocycles.